The normalized spacial score (nSPS) is 11.9. The number of rotatable bonds is 3. The molecule has 0 aliphatic rings. The fourth-order valence-electron chi connectivity index (χ4n) is 1.43. The predicted molar refractivity (Wildman–Crippen MR) is 69.5 cm³/mol. The molecule has 0 spiro atoms. The van der Waals surface area contributed by atoms with Crippen LogP contribution in [0, 0.1) is 18.3 Å². The van der Waals surface area contributed by atoms with E-state index in [1.165, 1.54) is 0 Å². The number of hydrogen-bond donors (Lipinski definition) is 0. The second kappa shape index (κ2) is 5.94. The maximum atomic E-state index is 9.00. The minimum atomic E-state index is 0.467. The van der Waals surface area contributed by atoms with Crippen LogP contribution in [0.1, 0.15) is 30.9 Å². The Hall–Kier alpha value is -0.970. The van der Waals surface area contributed by atoms with Crippen LogP contribution in [0.2, 0.25) is 5.02 Å². The first-order chi connectivity index (χ1) is 7.60. The molecule has 0 aromatic heterocycles. The topological polar surface area (TPSA) is 23.8 Å². The van der Waals surface area contributed by atoms with Crippen LogP contribution in [0.5, 0.6) is 0 Å². The van der Waals surface area contributed by atoms with Crippen molar-refractivity contribution in [1.29, 1.82) is 5.26 Å². The van der Waals surface area contributed by atoms with Crippen LogP contribution < -0.4 is 0 Å². The van der Waals surface area contributed by atoms with Gasteiger partial charge >= 0.3 is 0 Å². The standard InChI is InChI=1S/C13H13Cl2N/c1-3-4-10(8-16)13(15)11-6-5-9(2)7-12(11)14/h5-7H,3-4H2,1-2H3/b13-10-. The molecule has 1 rings (SSSR count). The summed E-state index contributed by atoms with van der Waals surface area (Å²) in [5.41, 5.74) is 2.40. The SMILES string of the molecule is CCC/C(C#N)=C(/Cl)c1ccc(C)cc1Cl. The Morgan fingerprint density at radius 3 is 2.62 bits per heavy atom. The van der Waals surface area contributed by atoms with E-state index < -0.39 is 0 Å². The van der Waals surface area contributed by atoms with E-state index in [-0.39, 0.29) is 0 Å². The molecule has 0 aliphatic carbocycles. The molecule has 0 unspecified atom stereocenters. The molecule has 0 aliphatic heterocycles. The lowest BCUT2D eigenvalue weighted by atomic mass is 10.1. The van der Waals surface area contributed by atoms with Crippen molar-refractivity contribution in [3.63, 3.8) is 0 Å². The highest BCUT2D eigenvalue weighted by Crippen LogP contribution is 2.31. The van der Waals surface area contributed by atoms with E-state index in [1.54, 1.807) is 0 Å². The van der Waals surface area contributed by atoms with Crippen molar-refractivity contribution in [1.82, 2.24) is 0 Å². The molecule has 0 heterocycles. The van der Waals surface area contributed by atoms with Crippen molar-refractivity contribution >= 4 is 28.2 Å². The average Bonchev–Trinajstić information content (AvgIpc) is 2.25. The molecule has 0 saturated carbocycles. The molecular weight excluding hydrogens is 241 g/mol. The van der Waals surface area contributed by atoms with Crippen LogP contribution in [0.15, 0.2) is 23.8 Å². The van der Waals surface area contributed by atoms with Crippen molar-refractivity contribution in [3.05, 3.63) is 39.9 Å². The quantitative estimate of drug-likeness (QED) is 0.702. The zero-order valence-corrected chi connectivity index (χ0v) is 10.9. The highest BCUT2D eigenvalue weighted by molar-refractivity contribution is 6.51. The van der Waals surface area contributed by atoms with Crippen LogP contribution in [0.3, 0.4) is 0 Å². The summed E-state index contributed by atoms with van der Waals surface area (Å²) in [6.07, 6.45) is 1.57. The van der Waals surface area contributed by atoms with E-state index in [1.807, 2.05) is 32.0 Å². The Balaban J connectivity index is 3.22. The monoisotopic (exact) mass is 253 g/mol. The Morgan fingerprint density at radius 1 is 1.44 bits per heavy atom. The number of nitriles is 1. The fourth-order valence-corrected chi connectivity index (χ4v) is 2.10. The maximum Gasteiger partial charge on any atom is 0.0962 e. The second-order valence-electron chi connectivity index (χ2n) is 3.64. The number of aryl methyl sites for hydroxylation is 1. The van der Waals surface area contributed by atoms with E-state index in [4.69, 9.17) is 28.5 Å². The minimum Gasteiger partial charge on any atom is -0.193 e. The van der Waals surface area contributed by atoms with Crippen molar-refractivity contribution in [2.45, 2.75) is 26.7 Å². The van der Waals surface area contributed by atoms with Gasteiger partial charge in [0.15, 0.2) is 0 Å². The summed E-state index contributed by atoms with van der Waals surface area (Å²) in [5.74, 6) is 0. The highest BCUT2D eigenvalue weighted by atomic mass is 35.5. The smallest absolute Gasteiger partial charge is 0.0962 e. The largest absolute Gasteiger partial charge is 0.193 e. The van der Waals surface area contributed by atoms with E-state index in [0.29, 0.717) is 22.0 Å². The molecule has 0 amide bonds. The molecule has 0 atom stereocenters. The number of allylic oxidation sites excluding steroid dienone is 1. The Labute approximate surface area is 106 Å². The molecule has 84 valence electrons. The first-order valence-corrected chi connectivity index (χ1v) is 5.91. The average molecular weight is 254 g/mol. The summed E-state index contributed by atoms with van der Waals surface area (Å²) in [5, 5.41) is 10.1. The fraction of sp³-hybridized carbons (Fsp3) is 0.308. The summed E-state index contributed by atoms with van der Waals surface area (Å²) < 4.78 is 0. The van der Waals surface area contributed by atoms with Crippen LogP contribution in [-0.4, -0.2) is 0 Å². The molecule has 0 bridgehead atoms. The van der Waals surface area contributed by atoms with Gasteiger partial charge in [-0.15, -0.1) is 0 Å². The van der Waals surface area contributed by atoms with E-state index >= 15 is 0 Å². The van der Waals surface area contributed by atoms with Gasteiger partial charge < -0.3 is 0 Å². The highest BCUT2D eigenvalue weighted by Gasteiger charge is 2.09. The molecule has 1 aromatic rings. The van der Waals surface area contributed by atoms with Crippen molar-refractivity contribution in [3.8, 4) is 6.07 Å². The van der Waals surface area contributed by atoms with Gasteiger partial charge in [-0.25, -0.2) is 0 Å². The van der Waals surface area contributed by atoms with Gasteiger partial charge in [-0.05, 0) is 25.0 Å². The van der Waals surface area contributed by atoms with Gasteiger partial charge in [-0.1, -0.05) is 48.7 Å². The maximum absolute atomic E-state index is 9.00. The van der Waals surface area contributed by atoms with Gasteiger partial charge in [0.05, 0.1) is 11.1 Å². The molecule has 1 nitrogen and oxygen atoms in total. The molecule has 16 heavy (non-hydrogen) atoms. The first kappa shape index (κ1) is 13.1. The van der Waals surface area contributed by atoms with Gasteiger partial charge in [-0.3, -0.25) is 0 Å². The molecule has 3 heteroatoms. The third-order valence-electron chi connectivity index (χ3n) is 2.26. The first-order valence-electron chi connectivity index (χ1n) is 5.15. The van der Waals surface area contributed by atoms with E-state index in [2.05, 4.69) is 6.07 Å². The molecule has 0 N–H and O–H groups in total. The summed E-state index contributed by atoms with van der Waals surface area (Å²) >= 11 is 12.3. The second-order valence-corrected chi connectivity index (χ2v) is 4.42. The lowest BCUT2D eigenvalue weighted by molar-refractivity contribution is 0.933. The lowest BCUT2D eigenvalue weighted by Gasteiger charge is -2.06. The molecule has 0 saturated heterocycles. The molecule has 0 radical (unpaired) electrons. The number of nitrogens with zero attached hydrogens (tertiary/aromatic N) is 1. The van der Waals surface area contributed by atoms with Gasteiger partial charge in [0, 0.05) is 16.2 Å². The third kappa shape index (κ3) is 3.01. The summed E-state index contributed by atoms with van der Waals surface area (Å²) in [4.78, 5) is 0. The summed E-state index contributed by atoms with van der Waals surface area (Å²) in [6, 6.07) is 7.77. The van der Waals surface area contributed by atoms with Gasteiger partial charge in [-0.2, -0.15) is 5.26 Å². The van der Waals surface area contributed by atoms with E-state index in [9.17, 15) is 0 Å². The van der Waals surface area contributed by atoms with Gasteiger partial charge in [0.2, 0.25) is 0 Å². The van der Waals surface area contributed by atoms with Crippen molar-refractivity contribution < 1.29 is 0 Å². The number of benzene rings is 1. The lowest BCUT2D eigenvalue weighted by Crippen LogP contribution is -1.87. The number of hydrogen-bond acceptors (Lipinski definition) is 1. The van der Waals surface area contributed by atoms with E-state index in [0.717, 1.165) is 17.5 Å². The Morgan fingerprint density at radius 2 is 2.12 bits per heavy atom. The van der Waals surface area contributed by atoms with Crippen LogP contribution in [0.25, 0.3) is 5.03 Å². The Kier molecular flexibility index (Phi) is 4.86. The van der Waals surface area contributed by atoms with Crippen LogP contribution in [0.4, 0.5) is 0 Å². The van der Waals surface area contributed by atoms with Crippen molar-refractivity contribution in [2.75, 3.05) is 0 Å². The summed E-state index contributed by atoms with van der Waals surface area (Å²) in [6.45, 7) is 3.97. The zero-order valence-electron chi connectivity index (χ0n) is 9.35. The third-order valence-corrected chi connectivity index (χ3v) is 3.01. The Bertz CT molecular complexity index is 455. The number of halogens is 2. The van der Waals surface area contributed by atoms with Gasteiger partial charge in [0.1, 0.15) is 0 Å². The zero-order chi connectivity index (χ0) is 12.1. The molecule has 0 fully saturated rings. The van der Waals surface area contributed by atoms with Crippen LogP contribution in [-0.2, 0) is 0 Å². The predicted octanol–water partition coefficient (Wildman–Crippen LogP) is 4.92. The van der Waals surface area contributed by atoms with Crippen LogP contribution >= 0.6 is 23.2 Å². The van der Waals surface area contributed by atoms with Gasteiger partial charge in [0.25, 0.3) is 0 Å². The van der Waals surface area contributed by atoms with Crippen molar-refractivity contribution in [2.24, 2.45) is 0 Å². The minimum absolute atomic E-state index is 0.467. The molecular formula is C13H13Cl2N. The molecule has 1 aromatic carbocycles. The summed E-state index contributed by atoms with van der Waals surface area (Å²) in [7, 11) is 0.